The van der Waals surface area contributed by atoms with Gasteiger partial charge >= 0.3 is 5.97 Å². The molecule has 0 aromatic carbocycles. The maximum atomic E-state index is 11.0. The van der Waals surface area contributed by atoms with Crippen LogP contribution < -0.4 is 0 Å². The van der Waals surface area contributed by atoms with Crippen molar-refractivity contribution in [1.29, 1.82) is 0 Å². The number of aliphatic carboxylic acids is 1. The van der Waals surface area contributed by atoms with Gasteiger partial charge in [0.05, 0.1) is 17.6 Å². The minimum Gasteiger partial charge on any atom is -0.481 e. The minimum absolute atomic E-state index is 0.140. The number of unbranched alkanes of at least 4 members (excludes halogenated alkanes) is 1. The van der Waals surface area contributed by atoms with Crippen molar-refractivity contribution in [3.8, 4) is 0 Å². The zero-order chi connectivity index (χ0) is 15.6. The number of hydrogen-bond donors (Lipinski definition) is 3. The fourth-order valence-electron chi connectivity index (χ4n) is 2.59. The number of carbonyl (C=O) groups is 1. The Kier molecular flexibility index (Phi) is 9.86. The molecule has 0 aliphatic heterocycles. The van der Waals surface area contributed by atoms with Gasteiger partial charge in [0.15, 0.2) is 0 Å². The first-order valence-corrected chi connectivity index (χ1v) is 8.01. The van der Waals surface area contributed by atoms with Gasteiger partial charge in [0.1, 0.15) is 0 Å². The zero-order valence-electron chi connectivity index (χ0n) is 13.3. The van der Waals surface area contributed by atoms with E-state index in [0.29, 0.717) is 0 Å². The number of rotatable bonds is 6. The van der Waals surface area contributed by atoms with Crippen LogP contribution in [0.2, 0.25) is 0 Å². The number of hydrogen-bond acceptors (Lipinski definition) is 3. The number of carboxylic acids is 1. The first-order valence-electron chi connectivity index (χ1n) is 8.01. The van der Waals surface area contributed by atoms with E-state index in [1.807, 2.05) is 13.8 Å². The minimum atomic E-state index is -0.624. The highest BCUT2D eigenvalue weighted by molar-refractivity contribution is 5.74. The Morgan fingerprint density at radius 1 is 1.00 bits per heavy atom. The summed E-state index contributed by atoms with van der Waals surface area (Å²) in [6, 6.07) is 0. The highest BCUT2D eigenvalue weighted by atomic mass is 16.4. The first-order chi connectivity index (χ1) is 9.41. The predicted molar refractivity (Wildman–Crippen MR) is 80.7 cm³/mol. The Hall–Kier alpha value is -0.610. The lowest BCUT2D eigenvalue weighted by atomic mass is 9.78. The average molecular weight is 288 g/mol. The molecule has 20 heavy (non-hydrogen) atoms. The van der Waals surface area contributed by atoms with Crippen LogP contribution in [0, 0.1) is 5.41 Å². The molecule has 0 aromatic rings. The molecule has 0 radical (unpaired) electrons. The Bertz CT molecular complexity index is 243. The molecule has 120 valence electrons. The van der Waals surface area contributed by atoms with E-state index >= 15 is 0 Å². The summed E-state index contributed by atoms with van der Waals surface area (Å²) in [6.45, 7) is 6.03. The van der Waals surface area contributed by atoms with Gasteiger partial charge in [-0.05, 0) is 44.9 Å². The van der Waals surface area contributed by atoms with Gasteiger partial charge < -0.3 is 15.3 Å². The van der Waals surface area contributed by atoms with Gasteiger partial charge in [0, 0.05) is 0 Å². The maximum absolute atomic E-state index is 11.0. The zero-order valence-corrected chi connectivity index (χ0v) is 13.3. The van der Waals surface area contributed by atoms with Crippen LogP contribution in [-0.2, 0) is 4.79 Å². The third-order valence-corrected chi connectivity index (χ3v) is 4.48. The van der Waals surface area contributed by atoms with Crippen LogP contribution in [0.5, 0.6) is 0 Å². The van der Waals surface area contributed by atoms with Crippen molar-refractivity contribution in [3.63, 3.8) is 0 Å². The molecule has 0 unspecified atom stereocenters. The van der Waals surface area contributed by atoms with E-state index in [0.717, 1.165) is 57.8 Å². The van der Waals surface area contributed by atoms with Crippen LogP contribution in [0.4, 0.5) is 0 Å². The quantitative estimate of drug-likeness (QED) is 0.700. The second-order valence-corrected chi connectivity index (χ2v) is 5.86. The fraction of sp³-hybridized carbons (Fsp3) is 0.938. The molecule has 4 nitrogen and oxygen atoms in total. The van der Waals surface area contributed by atoms with Gasteiger partial charge in [0.2, 0.25) is 0 Å². The molecule has 0 bridgehead atoms. The van der Waals surface area contributed by atoms with Gasteiger partial charge in [-0.2, -0.15) is 0 Å². The molecule has 0 amide bonds. The molecule has 4 heteroatoms. The van der Waals surface area contributed by atoms with E-state index in [1.54, 1.807) is 0 Å². The Morgan fingerprint density at radius 2 is 1.40 bits per heavy atom. The average Bonchev–Trinajstić information content (AvgIpc) is 2.44. The van der Waals surface area contributed by atoms with E-state index in [1.165, 1.54) is 0 Å². The van der Waals surface area contributed by atoms with Crippen molar-refractivity contribution < 1.29 is 20.1 Å². The smallest absolute Gasteiger partial charge is 0.309 e. The summed E-state index contributed by atoms with van der Waals surface area (Å²) < 4.78 is 0. The largest absolute Gasteiger partial charge is 0.481 e. The molecule has 1 rings (SSSR count). The monoisotopic (exact) mass is 288 g/mol. The van der Waals surface area contributed by atoms with Crippen LogP contribution in [-0.4, -0.2) is 33.5 Å². The summed E-state index contributed by atoms with van der Waals surface area (Å²) in [5.74, 6) is -0.624. The van der Waals surface area contributed by atoms with Crippen molar-refractivity contribution >= 4 is 5.97 Å². The van der Waals surface area contributed by atoms with Gasteiger partial charge in [-0.1, -0.05) is 33.6 Å². The molecule has 0 spiro atoms. The molecular formula is C16H32O4. The highest BCUT2D eigenvalue weighted by Gasteiger charge is 2.33. The van der Waals surface area contributed by atoms with Crippen molar-refractivity contribution in [2.45, 2.75) is 90.8 Å². The highest BCUT2D eigenvalue weighted by Crippen LogP contribution is 2.32. The van der Waals surface area contributed by atoms with E-state index in [2.05, 4.69) is 6.92 Å². The SMILES string of the molecule is CCCCC(CC)(CC)C(=O)O.OC1CCC(O)CC1. The fourth-order valence-corrected chi connectivity index (χ4v) is 2.59. The molecule has 0 aromatic heterocycles. The van der Waals surface area contributed by atoms with Crippen LogP contribution in [0.15, 0.2) is 0 Å². The summed E-state index contributed by atoms with van der Waals surface area (Å²) in [5, 5.41) is 26.9. The lowest BCUT2D eigenvalue weighted by Crippen LogP contribution is -2.29. The van der Waals surface area contributed by atoms with E-state index < -0.39 is 11.4 Å². The third-order valence-electron chi connectivity index (χ3n) is 4.48. The maximum Gasteiger partial charge on any atom is 0.309 e. The number of aliphatic hydroxyl groups excluding tert-OH is 2. The molecule has 3 N–H and O–H groups in total. The molecule has 0 heterocycles. The molecular weight excluding hydrogens is 256 g/mol. The van der Waals surface area contributed by atoms with E-state index in [-0.39, 0.29) is 12.2 Å². The summed E-state index contributed by atoms with van der Waals surface area (Å²) in [5.41, 5.74) is -0.448. The first kappa shape index (κ1) is 19.4. The summed E-state index contributed by atoms with van der Waals surface area (Å²) in [7, 11) is 0. The van der Waals surface area contributed by atoms with Crippen molar-refractivity contribution in [3.05, 3.63) is 0 Å². The molecule has 1 aliphatic carbocycles. The lowest BCUT2D eigenvalue weighted by Gasteiger charge is -2.26. The second-order valence-electron chi connectivity index (χ2n) is 5.86. The van der Waals surface area contributed by atoms with Gasteiger partial charge in [-0.25, -0.2) is 0 Å². The Balaban J connectivity index is 0.000000388. The standard InChI is InChI=1S/C10H20O2.C6H12O2/c1-4-7-8-10(5-2,6-3)9(11)12;7-5-1-2-6(8)4-3-5/h4-8H2,1-3H3,(H,11,12);5-8H,1-4H2. The van der Waals surface area contributed by atoms with Crippen LogP contribution >= 0.6 is 0 Å². The van der Waals surface area contributed by atoms with Crippen LogP contribution in [0.3, 0.4) is 0 Å². The van der Waals surface area contributed by atoms with Crippen molar-refractivity contribution in [2.75, 3.05) is 0 Å². The van der Waals surface area contributed by atoms with Crippen LogP contribution in [0.25, 0.3) is 0 Å². The normalized spacial score (nSPS) is 22.9. The second kappa shape index (κ2) is 10.2. The molecule has 1 aliphatic rings. The molecule has 1 fully saturated rings. The summed E-state index contributed by atoms with van der Waals surface area (Å²) >= 11 is 0. The van der Waals surface area contributed by atoms with Crippen molar-refractivity contribution in [1.82, 2.24) is 0 Å². The Labute approximate surface area is 123 Å². The van der Waals surface area contributed by atoms with Crippen molar-refractivity contribution in [2.24, 2.45) is 5.41 Å². The lowest BCUT2D eigenvalue weighted by molar-refractivity contribution is -0.150. The van der Waals surface area contributed by atoms with E-state index in [9.17, 15) is 4.79 Å². The van der Waals surface area contributed by atoms with E-state index in [4.69, 9.17) is 15.3 Å². The molecule has 1 saturated carbocycles. The van der Waals surface area contributed by atoms with Gasteiger partial charge in [-0.15, -0.1) is 0 Å². The number of aliphatic hydroxyl groups is 2. The van der Waals surface area contributed by atoms with Gasteiger partial charge in [0.25, 0.3) is 0 Å². The van der Waals surface area contributed by atoms with Crippen LogP contribution in [0.1, 0.15) is 78.6 Å². The molecule has 0 atom stereocenters. The predicted octanol–water partition coefficient (Wildman–Crippen LogP) is 3.35. The van der Waals surface area contributed by atoms with Gasteiger partial charge in [-0.3, -0.25) is 4.79 Å². The Morgan fingerprint density at radius 3 is 1.65 bits per heavy atom. The third kappa shape index (κ3) is 6.71. The summed E-state index contributed by atoms with van der Waals surface area (Å²) in [6.07, 6.45) is 7.26. The summed E-state index contributed by atoms with van der Waals surface area (Å²) in [4.78, 5) is 11.0. The molecule has 0 saturated heterocycles. The topological polar surface area (TPSA) is 77.8 Å². The number of carboxylic acid groups (broad SMARTS) is 1.